The Balaban J connectivity index is 2.51. The number of phenolic OH excluding ortho intramolecular Hbond substituents is 1. The lowest BCUT2D eigenvalue weighted by Crippen LogP contribution is -2.21. The number of phenols is 1. The Bertz CT molecular complexity index is 411. The first-order chi connectivity index (χ1) is 8.95. The van der Waals surface area contributed by atoms with Gasteiger partial charge in [0.05, 0.1) is 0 Å². The van der Waals surface area contributed by atoms with E-state index < -0.39 is 0 Å². The van der Waals surface area contributed by atoms with Crippen LogP contribution < -0.4 is 10.6 Å². The van der Waals surface area contributed by atoms with E-state index in [2.05, 4.69) is 31.4 Å². The highest BCUT2D eigenvalue weighted by atomic mass is 16.3. The Morgan fingerprint density at radius 2 is 2.00 bits per heavy atom. The maximum absolute atomic E-state index is 10.1. The summed E-state index contributed by atoms with van der Waals surface area (Å²) in [6.45, 7) is 8.58. The van der Waals surface area contributed by atoms with Crippen LogP contribution >= 0.6 is 0 Å². The van der Waals surface area contributed by atoms with Gasteiger partial charge in [0.25, 0.3) is 0 Å². The van der Waals surface area contributed by atoms with Crippen molar-refractivity contribution < 1.29 is 9.90 Å². The smallest absolute Gasteiger partial charge is 0.207 e. The molecule has 4 nitrogen and oxygen atoms in total. The van der Waals surface area contributed by atoms with E-state index in [-0.39, 0.29) is 5.41 Å². The lowest BCUT2D eigenvalue weighted by molar-refractivity contribution is -0.109. The molecule has 1 aromatic carbocycles. The van der Waals surface area contributed by atoms with Crippen molar-refractivity contribution in [3.8, 4) is 5.75 Å². The molecule has 0 saturated carbocycles. The van der Waals surface area contributed by atoms with Crippen molar-refractivity contribution in [2.45, 2.75) is 39.2 Å². The first-order valence-electron chi connectivity index (χ1n) is 6.65. The van der Waals surface area contributed by atoms with E-state index >= 15 is 0 Å². The van der Waals surface area contributed by atoms with Crippen molar-refractivity contribution >= 4 is 6.41 Å². The van der Waals surface area contributed by atoms with Gasteiger partial charge in [-0.3, -0.25) is 4.79 Å². The van der Waals surface area contributed by atoms with Crippen molar-refractivity contribution in [2.24, 2.45) is 0 Å². The molecule has 1 rings (SSSR count). The standard InChI is InChI=1S/C15H24N2O2/c1-15(2,3)13-5-6-14(19)12(9-13)10-16-7-4-8-17-11-18/h5-6,9,11,16,19H,4,7-8,10H2,1-3H3,(H,17,18). The summed E-state index contributed by atoms with van der Waals surface area (Å²) in [4.78, 5) is 10.1. The number of aromatic hydroxyl groups is 1. The van der Waals surface area contributed by atoms with Gasteiger partial charge in [-0.05, 0) is 30.0 Å². The Morgan fingerprint density at radius 1 is 1.26 bits per heavy atom. The van der Waals surface area contributed by atoms with Gasteiger partial charge in [0.2, 0.25) is 6.41 Å². The summed E-state index contributed by atoms with van der Waals surface area (Å²) in [7, 11) is 0. The normalized spacial score (nSPS) is 11.3. The average molecular weight is 264 g/mol. The van der Waals surface area contributed by atoms with Gasteiger partial charge in [-0.2, -0.15) is 0 Å². The minimum Gasteiger partial charge on any atom is -0.508 e. The molecular weight excluding hydrogens is 240 g/mol. The molecule has 0 unspecified atom stereocenters. The van der Waals surface area contributed by atoms with Crippen LogP contribution in [0.2, 0.25) is 0 Å². The van der Waals surface area contributed by atoms with Gasteiger partial charge in [-0.15, -0.1) is 0 Å². The third-order valence-electron chi connectivity index (χ3n) is 3.02. The maximum atomic E-state index is 10.1. The van der Waals surface area contributed by atoms with Crippen molar-refractivity contribution in [2.75, 3.05) is 13.1 Å². The van der Waals surface area contributed by atoms with Crippen LogP contribution in [0.3, 0.4) is 0 Å². The maximum Gasteiger partial charge on any atom is 0.207 e. The van der Waals surface area contributed by atoms with Gasteiger partial charge < -0.3 is 15.7 Å². The van der Waals surface area contributed by atoms with Crippen LogP contribution in [0.1, 0.15) is 38.3 Å². The zero-order valence-electron chi connectivity index (χ0n) is 12.0. The Kier molecular flexibility index (Phi) is 5.83. The van der Waals surface area contributed by atoms with Gasteiger partial charge in [-0.1, -0.05) is 32.9 Å². The summed E-state index contributed by atoms with van der Waals surface area (Å²) in [6, 6.07) is 5.77. The number of rotatable bonds is 7. The Hall–Kier alpha value is -1.55. The van der Waals surface area contributed by atoms with Crippen molar-refractivity contribution in [1.29, 1.82) is 0 Å². The summed E-state index contributed by atoms with van der Waals surface area (Å²) in [5.74, 6) is 0.325. The summed E-state index contributed by atoms with van der Waals surface area (Å²) < 4.78 is 0. The number of nitrogens with one attached hydrogen (secondary N) is 2. The van der Waals surface area contributed by atoms with Gasteiger partial charge in [0, 0.05) is 18.7 Å². The molecule has 0 aliphatic rings. The molecule has 0 heterocycles. The molecular formula is C15H24N2O2. The van der Waals surface area contributed by atoms with E-state index in [1.165, 1.54) is 5.56 Å². The molecule has 1 aromatic rings. The molecule has 0 bridgehead atoms. The van der Waals surface area contributed by atoms with Crippen LogP contribution in [0.25, 0.3) is 0 Å². The fourth-order valence-electron chi connectivity index (χ4n) is 1.79. The molecule has 0 aliphatic heterocycles. The second-order valence-electron chi connectivity index (χ2n) is 5.70. The predicted molar refractivity (Wildman–Crippen MR) is 77.2 cm³/mol. The average Bonchev–Trinajstić information content (AvgIpc) is 2.34. The molecule has 0 saturated heterocycles. The van der Waals surface area contributed by atoms with Gasteiger partial charge in [0.1, 0.15) is 5.75 Å². The molecule has 3 N–H and O–H groups in total. The quantitative estimate of drug-likeness (QED) is 0.521. The zero-order chi connectivity index (χ0) is 14.3. The Labute approximate surface area is 115 Å². The van der Waals surface area contributed by atoms with E-state index in [4.69, 9.17) is 0 Å². The minimum absolute atomic E-state index is 0.0797. The molecule has 19 heavy (non-hydrogen) atoms. The van der Waals surface area contributed by atoms with Gasteiger partial charge in [-0.25, -0.2) is 0 Å². The number of hydrogen-bond acceptors (Lipinski definition) is 3. The monoisotopic (exact) mass is 264 g/mol. The van der Waals surface area contributed by atoms with Crippen LogP contribution in [0.15, 0.2) is 18.2 Å². The highest BCUT2D eigenvalue weighted by Gasteiger charge is 2.15. The number of carbonyl (C=O) groups is 1. The molecule has 106 valence electrons. The van der Waals surface area contributed by atoms with Crippen LogP contribution in [-0.4, -0.2) is 24.6 Å². The fourth-order valence-corrected chi connectivity index (χ4v) is 1.79. The van der Waals surface area contributed by atoms with Crippen LogP contribution in [0.4, 0.5) is 0 Å². The third kappa shape index (κ3) is 5.30. The molecule has 0 spiro atoms. The van der Waals surface area contributed by atoms with E-state index in [0.29, 0.717) is 25.2 Å². The zero-order valence-corrected chi connectivity index (χ0v) is 12.0. The highest BCUT2D eigenvalue weighted by Crippen LogP contribution is 2.27. The lowest BCUT2D eigenvalue weighted by Gasteiger charge is -2.20. The molecule has 0 aromatic heterocycles. The number of benzene rings is 1. The lowest BCUT2D eigenvalue weighted by atomic mass is 9.86. The van der Waals surface area contributed by atoms with Crippen molar-refractivity contribution in [3.63, 3.8) is 0 Å². The number of amides is 1. The summed E-state index contributed by atoms with van der Waals surface area (Å²) in [6.07, 6.45) is 1.58. The minimum atomic E-state index is 0.0797. The summed E-state index contributed by atoms with van der Waals surface area (Å²) >= 11 is 0. The van der Waals surface area contributed by atoms with Crippen molar-refractivity contribution in [1.82, 2.24) is 10.6 Å². The van der Waals surface area contributed by atoms with E-state index in [1.807, 2.05) is 12.1 Å². The second-order valence-corrected chi connectivity index (χ2v) is 5.70. The first kappa shape index (κ1) is 15.5. The van der Waals surface area contributed by atoms with Gasteiger partial charge in [0.15, 0.2) is 0 Å². The van der Waals surface area contributed by atoms with Crippen LogP contribution in [0, 0.1) is 0 Å². The van der Waals surface area contributed by atoms with E-state index in [0.717, 1.165) is 18.5 Å². The second kappa shape index (κ2) is 7.14. The molecule has 1 amide bonds. The molecule has 0 fully saturated rings. The predicted octanol–water partition coefficient (Wildman–Crippen LogP) is 1.92. The largest absolute Gasteiger partial charge is 0.508 e. The SMILES string of the molecule is CC(C)(C)c1ccc(O)c(CNCCCNC=O)c1. The van der Waals surface area contributed by atoms with Crippen LogP contribution in [-0.2, 0) is 16.8 Å². The number of carbonyl (C=O) groups excluding carboxylic acids is 1. The van der Waals surface area contributed by atoms with Crippen molar-refractivity contribution in [3.05, 3.63) is 29.3 Å². The Morgan fingerprint density at radius 3 is 2.63 bits per heavy atom. The summed E-state index contributed by atoms with van der Waals surface area (Å²) in [5, 5.41) is 15.7. The van der Waals surface area contributed by atoms with Gasteiger partial charge >= 0.3 is 0 Å². The molecule has 0 aliphatic carbocycles. The summed E-state index contributed by atoms with van der Waals surface area (Å²) in [5.41, 5.74) is 2.21. The third-order valence-corrected chi connectivity index (χ3v) is 3.02. The molecule has 0 atom stereocenters. The highest BCUT2D eigenvalue weighted by molar-refractivity contribution is 5.45. The molecule has 4 heteroatoms. The molecule has 0 radical (unpaired) electrons. The fraction of sp³-hybridized carbons (Fsp3) is 0.533. The van der Waals surface area contributed by atoms with E-state index in [1.54, 1.807) is 6.07 Å². The number of hydrogen-bond donors (Lipinski definition) is 3. The topological polar surface area (TPSA) is 61.4 Å². The van der Waals surface area contributed by atoms with E-state index in [9.17, 15) is 9.90 Å². The first-order valence-corrected chi connectivity index (χ1v) is 6.65. The van der Waals surface area contributed by atoms with Crippen LogP contribution in [0.5, 0.6) is 5.75 Å².